The van der Waals surface area contributed by atoms with E-state index in [1.165, 1.54) is 5.57 Å². The van der Waals surface area contributed by atoms with Crippen molar-refractivity contribution in [1.82, 2.24) is 0 Å². The molecule has 0 saturated carbocycles. The average molecular weight is 330 g/mol. The Labute approximate surface area is 145 Å². The molecule has 1 aliphatic carbocycles. The molecule has 3 atom stereocenters. The summed E-state index contributed by atoms with van der Waals surface area (Å²) in [6.45, 7) is 8.48. The van der Waals surface area contributed by atoms with Crippen LogP contribution in [0.3, 0.4) is 0 Å². The van der Waals surface area contributed by atoms with E-state index < -0.39 is 0 Å². The molecule has 132 valence electrons. The van der Waals surface area contributed by atoms with Gasteiger partial charge >= 0.3 is 0 Å². The minimum absolute atomic E-state index is 0.229. The Morgan fingerprint density at radius 3 is 2.79 bits per heavy atom. The molecule has 1 aromatic carbocycles. The number of hydrogen-bond donors (Lipinski definition) is 2. The highest BCUT2D eigenvalue weighted by atomic mass is 16.5. The monoisotopic (exact) mass is 330 g/mol. The lowest BCUT2D eigenvalue weighted by molar-refractivity contribution is 0.0107. The lowest BCUT2D eigenvalue weighted by atomic mass is 9.68. The number of allylic oxidation sites excluding steroid dienone is 2. The van der Waals surface area contributed by atoms with Crippen LogP contribution in [0.25, 0.3) is 0 Å². The number of ether oxygens (including phenoxy) is 1. The van der Waals surface area contributed by atoms with E-state index in [2.05, 4.69) is 32.9 Å². The molecule has 0 radical (unpaired) electrons. The van der Waals surface area contributed by atoms with Crippen LogP contribution in [0.5, 0.6) is 11.5 Å². The van der Waals surface area contributed by atoms with E-state index in [9.17, 15) is 10.2 Å². The average Bonchev–Trinajstić information content (AvgIpc) is 2.51. The predicted molar refractivity (Wildman–Crippen MR) is 96.7 cm³/mol. The molecule has 3 heteroatoms. The number of hydrogen-bond acceptors (Lipinski definition) is 3. The maximum atomic E-state index is 10.7. The van der Waals surface area contributed by atoms with Crippen LogP contribution < -0.4 is 4.74 Å². The van der Waals surface area contributed by atoms with E-state index in [0.717, 1.165) is 42.6 Å². The Morgan fingerprint density at radius 2 is 2.08 bits per heavy atom. The summed E-state index contributed by atoms with van der Waals surface area (Å²) in [6.07, 6.45) is 6.46. The van der Waals surface area contributed by atoms with Gasteiger partial charge in [0, 0.05) is 17.4 Å². The van der Waals surface area contributed by atoms with Crippen LogP contribution in [-0.4, -0.2) is 21.9 Å². The second-order valence-electron chi connectivity index (χ2n) is 8.02. The van der Waals surface area contributed by atoms with Crippen LogP contribution >= 0.6 is 0 Å². The van der Waals surface area contributed by atoms with Crippen LogP contribution in [0.4, 0.5) is 0 Å². The molecule has 1 aliphatic heterocycles. The van der Waals surface area contributed by atoms with Gasteiger partial charge in [0.25, 0.3) is 0 Å². The van der Waals surface area contributed by atoms with Crippen molar-refractivity contribution in [2.45, 2.75) is 77.4 Å². The fourth-order valence-corrected chi connectivity index (χ4v) is 4.26. The lowest BCUT2D eigenvalue weighted by Gasteiger charge is -2.46. The number of aromatic hydroxyl groups is 1. The maximum absolute atomic E-state index is 10.7. The van der Waals surface area contributed by atoms with Gasteiger partial charge in [-0.15, -0.1) is 0 Å². The number of rotatable bonds is 4. The molecule has 24 heavy (non-hydrogen) atoms. The molecule has 2 unspecified atom stereocenters. The summed E-state index contributed by atoms with van der Waals surface area (Å²) in [5.41, 5.74) is 3.14. The molecule has 3 nitrogen and oxygen atoms in total. The molecule has 0 spiro atoms. The fourth-order valence-electron chi connectivity index (χ4n) is 4.26. The third kappa shape index (κ3) is 3.19. The smallest absolute Gasteiger partial charge is 0.127 e. The van der Waals surface area contributed by atoms with Crippen LogP contribution in [0.15, 0.2) is 23.8 Å². The number of phenolic OH excluding ortho intramolecular Hbond substituents is 1. The Balaban J connectivity index is 1.97. The molecule has 3 rings (SSSR count). The number of aliphatic hydroxyl groups is 1. The molecule has 0 aromatic heterocycles. The summed E-state index contributed by atoms with van der Waals surface area (Å²) < 4.78 is 6.33. The summed E-state index contributed by atoms with van der Waals surface area (Å²) in [5, 5.41) is 20.5. The zero-order valence-corrected chi connectivity index (χ0v) is 15.3. The van der Waals surface area contributed by atoms with E-state index in [1.807, 2.05) is 13.0 Å². The second kappa shape index (κ2) is 6.44. The topological polar surface area (TPSA) is 49.7 Å². The minimum atomic E-state index is -0.283. The van der Waals surface area contributed by atoms with Gasteiger partial charge in [-0.2, -0.15) is 0 Å². The second-order valence-corrected chi connectivity index (χ2v) is 8.02. The molecule has 0 saturated heterocycles. The largest absolute Gasteiger partial charge is 0.507 e. The van der Waals surface area contributed by atoms with Gasteiger partial charge < -0.3 is 14.9 Å². The summed E-state index contributed by atoms with van der Waals surface area (Å²) >= 11 is 0. The molecular weight excluding hydrogens is 300 g/mol. The van der Waals surface area contributed by atoms with Gasteiger partial charge in [0.15, 0.2) is 0 Å². The van der Waals surface area contributed by atoms with Crippen molar-refractivity contribution in [3.63, 3.8) is 0 Å². The predicted octanol–water partition coefficient (Wildman–Crippen LogP) is 4.71. The van der Waals surface area contributed by atoms with Crippen molar-refractivity contribution >= 4 is 0 Å². The number of aliphatic hydroxyl groups excluding tert-OH is 1. The van der Waals surface area contributed by atoms with Gasteiger partial charge in [-0.1, -0.05) is 18.6 Å². The third-order valence-electron chi connectivity index (χ3n) is 5.76. The van der Waals surface area contributed by atoms with Gasteiger partial charge in [-0.25, -0.2) is 0 Å². The number of fused-ring (bicyclic) bond motifs is 3. The van der Waals surface area contributed by atoms with Crippen molar-refractivity contribution < 1.29 is 14.9 Å². The lowest BCUT2D eigenvalue weighted by Crippen LogP contribution is -2.45. The highest BCUT2D eigenvalue weighted by Crippen LogP contribution is 2.53. The first-order valence-corrected chi connectivity index (χ1v) is 9.22. The first-order valence-electron chi connectivity index (χ1n) is 9.22. The summed E-state index contributed by atoms with van der Waals surface area (Å²) in [7, 11) is 0. The van der Waals surface area contributed by atoms with E-state index in [1.54, 1.807) is 0 Å². The highest BCUT2D eigenvalue weighted by Gasteiger charge is 2.45. The number of aryl methyl sites for hydroxylation is 1. The Bertz CT molecular complexity index is 645. The molecule has 0 bridgehead atoms. The van der Waals surface area contributed by atoms with E-state index >= 15 is 0 Å². The van der Waals surface area contributed by atoms with Crippen molar-refractivity contribution in [2.24, 2.45) is 5.92 Å². The van der Waals surface area contributed by atoms with Crippen LogP contribution in [0.1, 0.15) is 70.4 Å². The zero-order chi connectivity index (χ0) is 17.5. The minimum Gasteiger partial charge on any atom is -0.507 e. The van der Waals surface area contributed by atoms with Gasteiger partial charge in [0.05, 0.1) is 6.10 Å². The van der Waals surface area contributed by atoms with Crippen LogP contribution in [-0.2, 0) is 6.42 Å². The first-order chi connectivity index (χ1) is 11.3. The molecule has 2 aliphatic rings. The Morgan fingerprint density at radius 1 is 1.33 bits per heavy atom. The van der Waals surface area contributed by atoms with Crippen molar-refractivity contribution in [2.75, 3.05) is 0 Å². The van der Waals surface area contributed by atoms with Gasteiger partial charge in [0.2, 0.25) is 0 Å². The summed E-state index contributed by atoms with van der Waals surface area (Å²) in [5.74, 6) is 1.78. The molecule has 0 fully saturated rings. The van der Waals surface area contributed by atoms with Crippen molar-refractivity contribution in [3.05, 3.63) is 34.9 Å². The van der Waals surface area contributed by atoms with E-state index in [-0.39, 0.29) is 17.6 Å². The summed E-state index contributed by atoms with van der Waals surface area (Å²) in [4.78, 5) is 0. The fraction of sp³-hybridized carbons (Fsp3) is 0.619. The van der Waals surface area contributed by atoms with Crippen molar-refractivity contribution in [3.8, 4) is 11.5 Å². The van der Waals surface area contributed by atoms with Crippen molar-refractivity contribution in [1.29, 1.82) is 0 Å². The molecular formula is C21H30O3. The maximum Gasteiger partial charge on any atom is 0.127 e. The SMILES string of the molecule is CCC(O)CCc1cc(O)c2c(c1)OC(C)(C)[C@@H]1CCC(C)=CC21. The first kappa shape index (κ1) is 17.3. The number of benzene rings is 1. The van der Waals surface area contributed by atoms with Gasteiger partial charge in [-0.05, 0) is 70.6 Å². The zero-order valence-electron chi connectivity index (χ0n) is 15.3. The van der Waals surface area contributed by atoms with E-state index in [4.69, 9.17) is 4.74 Å². The molecule has 2 N–H and O–H groups in total. The summed E-state index contributed by atoms with van der Waals surface area (Å²) in [6, 6.07) is 3.92. The highest BCUT2D eigenvalue weighted by molar-refractivity contribution is 5.54. The van der Waals surface area contributed by atoms with Gasteiger partial charge in [0.1, 0.15) is 17.1 Å². The van der Waals surface area contributed by atoms with Gasteiger partial charge in [-0.3, -0.25) is 0 Å². The Hall–Kier alpha value is -1.48. The number of phenols is 1. The molecule has 1 aromatic rings. The standard InChI is InChI=1S/C21H30O3/c1-5-15(22)8-7-14-11-18(23)20-16-10-13(2)6-9-17(16)21(3,4)24-19(20)12-14/h10-12,15-17,22-23H,5-9H2,1-4H3/t15?,16?,17-/m1/s1. The normalized spacial score (nSPS) is 26.0. The molecule has 1 heterocycles. The quantitative estimate of drug-likeness (QED) is 0.786. The van der Waals surface area contributed by atoms with Crippen LogP contribution in [0.2, 0.25) is 0 Å². The van der Waals surface area contributed by atoms with Crippen LogP contribution in [0, 0.1) is 5.92 Å². The Kier molecular flexibility index (Phi) is 4.65. The van der Waals surface area contributed by atoms with E-state index in [0.29, 0.717) is 18.1 Å². The molecule has 0 amide bonds. The third-order valence-corrected chi connectivity index (χ3v) is 5.76.